The van der Waals surface area contributed by atoms with Gasteiger partial charge in [0.1, 0.15) is 13.2 Å². The molecule has 0 amide bonds. The Morgan fingerprint density at radius 1 is 0.362 bits per heavy atom. The second kappa shape index (κ2) is 47.3. The first kappa shape index (κ1) is 55.6. The molecule has 0 radical (unpaired) electrons. The third-order valence-corrected chi connectivity index (χ3v) is 10.9. The molecule has 0 aromatic heterocycles. The van der Waals surface area contributed by atoms with Crippen molar-refractivity contribution in [2.75, 3.05) is 13.2 Å². The molecule has 0 heterocycles. The first-order valence-corrected chi connectivity index (χ1v) is 25.0. The van der Waals surface area contributed by atoms with E-state index in [0.717, 1.165) is 89.9 Å². The third kappa shape index (κ3) is 44.7. The van der Waals surface area contributed by atoms with Crippen molar-refractivity contribution in [3.05, 3.63) is 36.5 Å². The normalized spacial score (nSPS) is 12.3. The minimum Gasteiger partial charge on any atom is -0.462 e. The highest BCUT2D eigenvalue weighted by molar-refractivity contribution is 5.71. The van der Waals surface area contributed by atoms with E-state index in [2.05, 4.69) is 57.2 Å². The number of carbonyl (C=O) groups excluding carboxylic acids is 3. The molecule has 6 nitrogen and oxygen atoms in total. The molecule has 0 bridgehead atoms. The zero-order chi connectivity index (χ0) is 42.3. The maximum absolute atomic E-state index is 12.7. The molecule has 0 aromatic rings. The summed E-state index contributed by atoms with van der Waals surface area (Å²) >= 11 is 0. The highest BCUT2D eigenvalue weighted by Gasteiger charge is 2.19. The highest BCUT2D eigenvalue weighted by atomic mass is 16.6. The van der Waals surface area contributed by atoms with E-state index >= 15 is 0 Å². The van der Waals surface area contributed by atoms with Crippen molar-refractivity contribution < 1.29 is 28.6 Å². The van der Waals surface area contributed by atoms with Gasteiger partial charge in [0, 0.05) is 19.3 Å². The molecule has 1 unspecified atom stereocenters. The fourth-order valence-electron chi connectivity index (χ4n) is 7.16. The lowest BCUT2D eigenvalue weighted by molar-refractivity contribution is -0.167. The lowest BCUT2D eigenvalue weighted by Gasteiger charge is -2.18. The number of ether oxygens (including phenoxy) is 3. The summed E-state index contributed by atoms with van der Waals surface area (Å²) in [5.41, 5.74) is 0. The molecule has 0 rings (SSSR count). The Bertz CT molecular complexity index is 984. The summed E-state index contributed by atoms with van der Waals surface area (Å²) in [6.07, 6.45) is 54.1. The highest BCUT2D eigenvalue weighted by Crippen LogP contribution is 2.16. The van der Waals surface area contributed by atoms with E-state index in [0.29, 0.717) is 19.3 Å². The van der Waals surface area contributed by atoms with Gasteiger partial charge in [-0.2, -0.15) is 0 Å². The monoisotopic (exact) mass is 815 g/mol. The third-order valence-electron chi connectivity index (χ3n) is 10.9. The van der Waals surface area contributed by atoms with Crippen LogP contribution in [0, 0.1) is 0 Å². The van der Waals surface area contributed by atoms with Crippen LogP contribution >= 0.6 is 0 Å². The van der Waals surface area contributed by atoms with Gasteiger partial charge in [-0.05, 0) is 51.4 Å². The molecule has 58 heavy (non-hydrogen) atoms. The fraction of sp³-hybridized carbons (Fsp3) is 0.827. The van der Waals surface area contributed by atoms with E-state index in [1.807, 2.05) is 0 Å². The van der Waals surface area contributed by atoms with Crippen LogP contribution in [0.15, 0.2) is 36.5 Å². The molecule has 0 aliphatic rings. The summed E-state index contributed by atoms with van der Waals surface area (Å²) in [5, 5.41) is 0. The molecule has 0 spiro atoms. The maximum atomic E-state index is 12.7. The van der Waals surface area contributed by atoms with Crippen LogP contribution in [0.25, 0.3) is 0 Å². The summed E-state index contributed by atoms with van der Waals surface area (Å²) in [6, 6.07) is 0. The largest absolute Gasteiger partial charge is 0.462 e. The van der Waals surface area contributed by atoms with E-state index in [-0.39, 0.29) is 31.1 Å². The molecule has 0 aromatic carbocycles. The Labute approximate surface area is 359 Å². The minimum atomic E-state index is -0.777. The number of esters is 3. The molecular weight excluding hydrogens is 721 g/mol. The van der Waals surface area contributed by atoms with Crippen molar-refractivity contribution in [3.63, 3.8) is 0 Å². The SMILES string of the molecule is CC/C=C\C/C=C\C/C=C\CCCCCCC(=O)OC(COC(=O)CCCCCCCCCCCCC)COC(=O)CCCCCCCCCCCCCCCCC. The minimum absolute atomic E-state index is 0.0774. The van der Waals surface area contributed by atoms with Gasteiger partial charge in [-0.3, -0.25) is 14.4 Å². The molecule has 0 aliphatic carbocycles. The van der Waals surface area contributed by atoms with Crippen molar-refractivity contribution in [1.82, 2.24) is 0 Å². The molecule has 0 aliphatic heterocycles. The topological polar surface area (TPSA) is 78.9 Å². The molecule has 0 N–H and O–H groups in total. The van der Waals surface area contributed by atoms with E-state index in [4.69, 9.17) is 14.2 Å². The predicted molar refractivity (Wildman–Crippen MR) is 247 cm³/mol. The second-order valence-corrected chi connectivity index (χ2v) is 16.7. The second-order valence-electron chi connectivity index (χ2n) is 16.7. The molecule has 6 heteroatoms. The molecule has 0 saturated carbocycles. The molecule has 338 valence electrons. The van der Waals surface area contributed by atoms with Crippen molar-refractivity contribution in [2.24, 2.45) is 0 Å². The summed E-state index contributed by atoms with van der Waals surface area (Å²) in [7, 11) is 0. The predicted octanol–water partition coefficient (Wildman–Crippen LogP) is 16.1. The van der Waals surface area contributed by atoms with Crippen LogP contribution in [0.5, 0.6) is 0 Å². The van der Waals surface area contributed by atoms with Crippen LogP contribution in [0.1, 0.15) is 258 Å². The first-order valence-electron chi connectivity index (χ1n) is 25.0. The van der Waals surface area contributed by atoms with Crippen LogP contribution in [0.3, 0.4) is 0 Å². The van der Waals surface area contributed by atoms with Gasteiger partial charge in [0.2, 0.25) is 0 Å². The number of hydrogen-bond acceptors (Lipinski definition) is 6. The van der Waals surface area contributed by atoms with Gasteiger partial charge < -0.3 is 14.2 Å². The summed E-state index contributed by atoms with van der Waals surface area (Å²) in [6.45, 7) is 6.52. The maximum Gasteiger partial charge on any atom is 0.306 e. The van der Waals surface area contributed by atoms with Crippen molar-refractivity contribution in [1.29, 1.82) is 0 Å². The van der Waals surface area contributed by atoms with Gasteiger partial charge in [-0.25, -0.2) is 0 Å². The van der Waals surface area contributed by atoms with Gasteiger partial charge in [0.05, 0.1) is 0 Å². The van der Waals surface area contributed by atoms with E-state index in [1.54, 1.807) is 0 Å². The first-order chi connectivity index (χ1) is 28.5. The van der Waals surface area contributed by atoms with Crippen molar-refractivity contribution in [3.8, 4) is 0 Å². The van der Waals surface area contributed by atoms with Crippen molar-refractivity contribution in [2.45, 2.75) is 264 Å². The van der Waals surface area contributed by atoms with Gasteiger partial charge in [0.25, 0.3) is 0 Å². The molecule has 1 atom stereocenters. The lowest BCUT2D eigenvalue weighted by Crippen LogP contribution is -2.30. The Morgan fingerprint density at radius 3 is 1.05 bits per heavy atom. The van der Waals surface area contributed by atoms with Crippen LogP contribution < -0.4 is 0 Å². The van der Waals surface area contributed by atoms with Gasteiger partial charge in [-0.1, -0.05) is 224 Å². The van der Waals surface area contributed by atoms with E-state index < -0.39 is 6.10 Å². The average Bonchev–Trinajstić information content (AvgIpc) is 3.22. The van der Waals surface area contributed by atoms with Crippen LogP contribution in [-0.2, 0) is 28.6 Å². The number of hydrogen-bond donors (Lipinski definition) is 0. The summed E-state index contributed by atoms with van der Waals surface area (Å²) in [5.74, 6) is -0.891. The number of unbranched alkanes of at least 4 members (excludes halogenated alkanes) is 28. The van der Waals surface area contributed by atoms with Crippen LogP contribution in [-0.4, -0.2) is 37.2 Å². The average molecular weight is 815 g/mol. The van der Waals surface area contributed by atoms with Crippen LogP contribution in [0.4, 0.5) is 0 Å². The smallest absolute Gasteiger partial charge is 0.306 e. The zero-order valence-corrected chi connectivity index (χ0v) is 38.6. The molecular formula is C52H94O6. The Balaban J connectivity index is 4.37. The summed E-state index contributed by atoms with van der Waals surface area (Å²) < 4.78 is 16.8. The zero-order valence-electron chi connectivity index (χ0n) is 38.6. The lowest BCUT2D eigenvalue weighted by atomic mass is 10.0. The Kier molecular flexibility index (Phi) is 45.4. The summed E-state index contributed by atoms with van der Waals surface area (Å²) in [4.78, 5) is 37.9. The molecule has 0 saturated heterocycles. The fourth-order valence-corrected chi connectivity index (χ4v) is 7.16. The quantitative estimate of drug-likeness (QED) is 0.0264. The molecule has 0 fully saturated rings. The van der Waals surface area contributed by atoms with Crippen LogP contribution in [0.2, 0.25) is 0 Å². The van der Waals surface area contributed by atoms with Gasteiger partial charge >= 0.3 is 17.9 Å². The van der Waals surface area contributed by atoms with E-state index in [1.165, 1.54) is 128 Å². The number of carbonyl (C=O) groups is 3. The standard InChI is InChI=1S/C52H94O6/c1-4-7-10-13-16-19-22-24-26-28-30-33-36-39-42-45-51(54)57-48-49(47-56-50(53)44-41-38-35-32-29-21-18-15-12-9-6-3)58-52(55)46-43-40-37-34-31-27-25-23-20-17-14-11-8-5-2/h8,11,17,20,25,27,49H,4-7,9-10,12-16,18-19,21-24,26,28-48H2,1-3H3/b11-8-,20-17-,27-25-. The van der Waals surface area contributed by atoms with Gasteiger partial charge in [-0.15, -0.1) is 0 Å². The number of rotatable bonds is 45. The van der Waals surface area contributed by atoms with Gasteiger partial charge in [0.15, 0.2) is 6.10 Å². The van der Waals surface area contributed by atoms with E-state index in [9.17, 15) is 14.4 Å². The Morgan fingerprint density at radius 2 is 0.672 bits per heavy atom. The number of allylic oxidation sites excluding steroid dienone is 6. The Hall–Kier alpha value is -2.37. The van der Waals surface area contributed by atoms with Crippen molar-refractivity contribution >= 4 is 17.9 Å².